The molecule has 0 bridgehead atoms. The number of amides is 1. The molecule has 0 aliphatic carbocycles. The molecule has 0 aromatic heterocycles. The van der Waals surface area contributed by atoms with Gasteiger partial charge in [0.05, 0.1) is 6.42 Å². The standard InChI is InChI=1S/C17H25NO3/c1-5-12-6-8-13(9-7-12)16(21)18-14(10-15(19)20)11-17(2,3)4/h6-9,14H,5,10-11H2,1-4H3,(H,18,21)(H,19,20). The van der Waals surface area contributed by atoms with Crippen LogP contribution in [0.2, 0.25) is 0 Å². The van der Waals surface area contributed by atoms with Crippen molar-refractivity contribution in [2.75, 3.05) is 0 Å². The van der Waals surface area contributed by atoms with E-state index in [0.717, 1.165) is 6.42 Å². The monoisotopic (exact) mass is 291 g/mol. The number of benzene rings is 1. The molecular weight excluding hydrogens is 266 g/mol. The second kappa shape index (κ2) is 7.25. The first-order valence-corrected chi connectivity index (χ1v) is 7.33. The molecule has 0 spiro atoms. The van der Waals surface area contributed by atoms with Gasteiger partial charge in [-0.2, -0.15) is 0 Å². The quantitative estimate of drug-likeness (QED) is 0.845. The number of hydrogen-bond donors (Lipinski definition) is 2. The van der Waals surface area contributed by atoms with Crippen LogP contribution in [0.25, 0.3) is 0 Å². The minimum Gasteiger partial charge on any atom is -0.481 e. The Morgan fingerprint density at radius 2 is 1.76 bits per heavy atom. The summed E-state index contributed by atoms with van der Waals surface area (Å²) in [5, 5.41) is 11.8. The number of carboxylic acid groups (broad SMARTS) is 1. The van der Waals surface area contributed by atoms with Crippen LogP contribution in [0.15, 0.2) is 24.3 Å². The maximum Gasteiger partial charge on any atom is 0.305 e. The zero-order valence-electron chi connectivity index (χ0n) is 13.3. The highest BCUT2D eigenvalue weighted by molar-refractivity contribution is 5.94. The average molecular weight is 291 g/mol. The largest absolute Gasteiger partial charge is 0.481 e. The molecule has 0 aliphatic heterocycles. The number of carboxylic acids is 1. The summed E-state index contributed by atoms with van der Waals surface area (Å²) in [4.78, 5) is 23.2. The van der Waals surface area contributed by atoms with Crippen molar-refractivity contribution in [2.45, 2.75) is 53.0 Å². The fourth-order valence-corrected chi connectivity index (χ4v) is 2.28. The van der Waals surface area contributed by atoms with Crippen molar-refractivity contribution in [2.24, 2.45) is 5.41 Å². The molecule has 0 saturated carbocycles. The van der Waals surface area contributed by atoms with E-state index < -0.39 is 5.97 Å². The number of rotatable bonds is 6. The molecule has 1 rings (SSSR count). The summed E-state index contributed by atoms with van der Waals surface area (Å²) in [6.45, 7) is 8.15. The van der Waals surface area contributed by atoms with E-state index in [-0.39, 0.29) is 23.8 Å². The first-order valence-electron chi connectivity index (χ1n) is 7.33. The Balaban J connectivity index is 2.76. The lowest BCUT2D eigenvalue weighted by Crippen LogP contribution is -2.39. The minimum atomic E-state index is -0.897. The lowest BCUT2D eigenvalue weighted by molar-refractivity contribution is -0.137. The Hall–Kier alpha value is -1.84. The minimum absolute atomic E-state index is 0.0422. The zero-order chi connectivity index (χ0) is 16.0. The third kappa shape index (κ3) is 6.43. The van der Waals surface area contributed by atoms with Crippen LogP contribution < -0.4 is 5.32 Å². The number of aryl methyl sites for hydroxylation is 1. The number of hydrogen-bond acceptors (Lipinski definition) is 2. The summed E-state index contributed by atoms with van der Waals surface area (Å²) < 4.78 is 0. The van der Waals surface area contributed by atoms with E-state index in [2.05, 4.69) is 12.2 Å². The Bertz CT molecular complexity index is 486. The third-order valence-electron chi connectivity index (χ3n) is 3.24. The van der Waals surface area contributed by atoms with Gasteiger partial charge in [0.25, 0.3) is 5.91 Å². The van der Waals surface area contributed by atoms with Crippen LogP contribution in [0.3, 0.4) is 0 Å². The highest BCUT2D eigenvalue weighted by Crippen LogP contribution is 2.22. The van der Waals surface area contributed by atoms with Gasteiger partial charge in [0, 0.05) is 11.6 Å². The predicted molar refractivity (Wildman–Crippen MR) is 83.4 cm³/mol. The highest BCUT2D eigenvalue weighted by Gasteiger charge is 2.23. The average Bonchev–Trinajstić information content (AvgIpc) is 2.36. The van der Waals surface area contributed by atoms with E-state index in [1.165, 1.54) is 5.56 Å². The smallest absolute Gasteiger partial charge is 0.305 e. The van der Waals surface area contributed by atoms with Gasteiger partial charge in [0.15, 0.2) is 0 Å². The molecule has 21 heavy (non-hydrogen) atoms. The molecule has 4 heteroatoms. The molecule has 4 nitrogen and oxygen atoms in total. The summed E-state index contributed by atoms with van der Waals surface area (Å²) in [6, 6.07) is 7.04. The van der Waals surface area contributed by atoms with Crippen LogP contribution in [0.1, 0.15) is 56.5 Å². The molecule has 1 aromatic rings. The van der Waals surface area contributed by atoms with Crippen molar-refractivity contribution in [3.63, 3.8) is 0 Å². The molecule has 0 aliphatic rings. The lowest BCUT2D eigenvalue weighted by Gasteiger charge is -2.25. The van der Waals surface area contributed by atoms with Crippen molar-refractivity contribution in [1.29, 1.82) is 0 Å². The van der Waals surface area contributed by atoms with Crippen molar-refractivity contribution >= 4 is 11.9 Å². The summed E-state index contributed by atoms with van der Waals surface area (Å²) in [5.41, 5.74) is 1.69. The molecule has 0 heterocycles. The van der Waals surface area contributed by atoms with Crippen LogP contribution >= 0.6 is 0 Å². The van der Waals surface area contributed by atoms with Crippen LogP contribution in [0.4, 0.5) is 0 Å². The topological polar surface area (TPSA) is 66.4 Å². The molecule has 116 valence electrons. The first kappa shape index (κ1) is 17.2. The number of carbonyl (C=O) groups is 2. The normalized spacial score (nSPS) is 12.8. The third-order valence-corrected chi connectivity index (χ3v) is 3.24. The van der Waals surface area contributed by atoms with Crippen molar-refractivity contribution in [3.8, 4) is 0 Å². The van der Waals surface area contributed by atoms with Crippen molar-refractivity contribution in [1.82, 2.24) is 5.32 Å². The molecule has 1 unspecified atom stereocenters. The maximum absolute atomic E-state index is 12.2. The van der Waals surface area contributed by atoms with Crippen LogP contribution in [0, 0.1) is 5.41 Å². The molecule has 2 N–H and O–H groups in total. The Labute approximate surface area is 126 Å². The van der Waals surface area contributed by atoms with E-state index in [0.29, 0.717) is 12.0 Å². The van der Waals surface area contributed by atoms with Gasteiger partial charge in [-0.25, -0.2) is 0 Å². The maximum atomic E-state index is 12.2. The van der Waals surface area contributed by atoms with E-state index in [4.69, 9.17) is 5.11 Å². The molecule has 0 fully saturated rings. The van der Waals surface area contributed by atoms with Gasteiger partial charge < -0.3 is 10.4 Å². The van der Waals surface area contributed by atoms with E-state index in [1.54, 1.807) is 12.1 Å². The number of carbonyl (C=O) groups excluding carboxylic acids is 1. The van der Waals surface area contributed by atoms with Gasteiger partial charge in [0.2, 0.25) is 0 Å². The van der Waals surface area contributed by atoms with E-state index >= 15 is 0 Å². The Morgan fingerprint density at radius 3 is 2.19 bits per heavy atom. The van der Waals surface area contributed by atoms with Gasteiger partial charge in [-0.3, -0.25) is 9.59 Å². The number of nitrogens with one attached hydrogen (secondary N) is 1. The van der Waals surface area contributed by atoms with E-state index in [1.807, 2.05) is 32.9 Å². The summed E-state index contributed by atoms with van der Waals surface area (Å²) in [7, 11) is 0. The van der Waals surface area contributed by atoms with Crippen LogP contribution in [-0.4, -0.2) is 23.0 Å². The van der Waals surface area contributed by atoms with Gasteiger partial charge in [0.1, 0.15) is 0 Å². The molecule has 1 amide bonds. The molecule has 0 saturated heterocycles. The second-order valence-corrected chi connectivity index (χ2v) is 6.58. The van der Waals surface area contributed by atoms with Gasteiger partial charge in [-0.15, -0.1) is 0 Å². The summed E-state index contributed by atoms with van der Waals surface area (Å²) in [6.07, 6.45) is 1.49. The van der Waals surface area contributed by atoms with Crippen molar-refractivity contribution < 1.29 is 14.7 Å². The predicted octanol–water partition coefficient (Wildman–Crippen LogP) is 3.26. The fourth-order valence-electron chi connectivity index (χ4n) is 2.28. The van der Waals surface area contributed by atoms with Crippen LogP contribution in [-0.2, 0) is 11.2 Å². The van der Waals surface area contributed by atoms with Crippen LogP contribution in [0.5, 0.6) is 0 Å². The summed E-state index contributed by atoms with van der Waals surface area (Å²) >= 11 is 0. The lowest BCUT2D eigenvalue weighted by atomic mass is 9.87. The SMILES string of the molecule is CCc1ccc(C(=O)NC(CC(=O)O)CC(C)(C)C)cc1. The molecule has 0 radical (unpaired) electrons. The van der Waals surface area contributed by atoms with Crippen molar-refractivity contribution in [3.05, 3.63) is 35.4 Å². The summed E-state index contributed by atoms with van der Waals surface area (Å²) in [5.74, 6) is -1.11. The van der Waals surface area contributed by atoms with Gasteiger partial charge >= 0.3 is 5.97 Å². The molecule has 1 aromatic carbocycles. The Kier molecular flexibility index (Phi) is 5.94. The fraction of sp³-hybridized carbons (Fsp3) is 0.529. The first-order chi connectivity index (χ1) is 9.71. The Morgan fingerprint density at radius 1 is 1.19 bits per heavy atom. The molecule has 1 atom stereocenters. The number of aliphatic carboxylic acids is 1. The zero-order valence-corrected chi connectivity index (χ0v) is 13.3. The van der Waals surface area contributed by atoms with Gasteiger partial charge in [-0.1, -0.05) is 39.8 Å². The van der Waals surface area contributed by atoms with Gasteiger partial charge in [-0.05, 0) is 36.0 Å². The van der Waals surface area contributed by atoms with E-state index in [9.17, 15) is 9.59 Å². The highest BCUT2D eigenvalue weighted by atomic mass is 16.4. The second-order valence-electron chi connectivity index (χ2n) is 6.58. The molecular formula is C17H25NO3.